The summed E-state index contributed by atoms with van der Waals surface area (Å²) in [6, 6.07) is 10.8. The molecule has 0 N–H and O–H groups in total. The molecule has 2 aromatic carbocycles. The number of allylic oxidation sites excluding steroid dienone is 1. The summed E-state index contributed by atoms with van der Waals surface area (Å²) >= 11 is 3.36. The summed E-state index contributed by atoms with van der Waals surface area (Å²) in [6.07, 6.45) is 0.753. The summed E-state index contributed by atoms with van der Waals surface area (Å²) in [5.41, 5.74) is 3.35. The van der Waals surface area contributed by atoms with Crippen LogP contribution in [0.3, 0.4) is 0 Å². The van der Waals surface area contributed by atoms with E-state index >= 15 is 0 Å². The summed E-state index contributed by atoms with van der Waals surface area (Å²) in [6.45, 7) is 6.54. The van der Waals surface area contributed by atoms with E-state index in [1.54, 1.807) is 29.2 Å². The van der Waals surface area contributed by atoms with Crippen LogP contribution in [0, 0.1) is 0 Å². The number of amides is 1. The molecule has 1 aliphatic heterocycles. The number of halogens is 1. The average molecular weight is 386 g/mol. The van der Waals surface area contributed by atoms with Crippen molar-refractivity contribution in [3.05, 3.63) is 64.1 Å². The number of hydrogen-bond donors (Lipinski definition) is 0. The third kappa shape index (κ3) is 2.87. The van der Waals surface area contributed by atoms with E-state index in [9.17, 15) is 9.59 Å². The van der Waals surface area contributed by atoms with Crippen LogP contribution < -0.4 is 9.64 Å². The van der Waals surface area contributed by atoms with Crippen LogP contribution in [0.15, 0.2) is 47.4 Å². The zero-order valence-corrected chi connectivity index (χ0v) is 14.8. The molecule has 4 nitrogen and oxygen atoms in total. The monoisotopic (exact) mass is 385 g/mol. The molecule has 24 heavy (non-hydrogen) atoms. The number of anilines is 1. The summed E-state index contributed by atoms with van der Waals surface area (Å²) in [4.78, 5) is 26.0. The lowest BCUT2D eigenvalue weighted by Crippen LogP contribution is -2.33. The number of ether oxygens (including phenoxy) is 1. The van der Waals surface area contributed by atoms with E-state index in [-0.39, 0.29) is 5.91 Å². The molecule has 1 amide bonds. The number of hydrogen-bond acceptors (Lipinski definition) is 3. The molecule has 1 heterocycles. The first kappa shape index (κ1) is 16.5. The Balaban J connectivity index is 2.07. The lowest BCUT2D eigenvalue weighted by Gasteiger charge is -2.22. The van der Waals surface area contributed by atoms with E-state index in [0.717, 1.165) is 17.4 Å². The fraction of sp³-hybridized carbons (Fsp3) is 0.158. The Hall–Kier alpha value is -2.40. The molecule has 2 aromatic rings. The number of carbonyl (C=O) groups excluding carboxylic acids is 2. The Labute approximate surface area is 148 Å². The van der Waals surface area contributed by atoms with Crippen LogP contribution in [-0.4, -0.2) is 25.3 Å². The molecule has 0 spiro atoms. The normalized spacial score (nSPS) is 13.8. The zero-order valence-electron chi connectivity index (χ0n) is 13.2. The Bertz CT molecular complexity index is 845. The first-order valence-electron chi connectivity index (χ1n) is 7.51. The minimum absolute atomic E-state index is 0.183. The predicted molar refractivity (Wildman–Crippen MR) is 97.9 cm³/mol. The van der Waals surface area contributed by atoms with Gasteiger partial charge in [-0.1, -0.05) is 24.3 Å². The Morgan fingerprint density at radius 3 is 2.83 bits per heavy atom. The largest absolute Gasteiger partial charge is 0.491 e. The number of rotatable bonds is 3. The molecule has 0 aliphatic carbocycles. The molecule has 122 valence electrons. The molecule has 0 radical (unpaired) electrons. The van der Waals surface area contributed by atoms with Crippen molar-refractivity contribution in [3.63, 3.8) is 0 Å². The highest BCUT2D eigenvalue weighted by Crippen LogP contribution is 2.32. The van der Waals surface area contributed by atoms with E-state index < -0.39 is 0 Å². The standard InChI is InChI=1S/C19H16BrNO3/c1-12(2)13-6-7-14-18(10-13)24-9-8-21(19(14)23)17-5-3-4-16(20)15(17)11-22/h3-7,10-11H,1,8-9H2,2H3. The van der Waals surface area contributed by atoms with E-state index in [1.807, 2.05) is 19.1 Å². The molecular weight excluding hydrogens is 370 g/mol. The Morgan fingerprint density at radius 1 is 1.33 bits per heavy atom. The third-order valence-corrected chi connectivity index (χ3v) is 4.65. The highest BCUT2D eigenvalue weighted by molar-refractivity contribution is 9.10. The van der Waals surface area contributed by atoms with Crippen LogP contribution >= 0.6 is 15.9 Å². The number of carbonyl (C=O) groups is 2. The van der Waals surface area contributed by atoms with Crippen molar-refractivity contribution in [2.24, 2.45) is 0 Å². The van der Waals surface area contributed by atoms with E-state index in [4.69, 9.17) is 4.74 Å². The Morgan fingerprint density at radius 2 is 2.12 bits per heavy atom. The zero-order chi connectivity index (χ0) is 17.3. The number of benzene rings is 2. The second kappa shape index (κ2) is 6.61. The average Bonchev–Trinajstić information content (AvgIpc) is 2.73. The van der Waals surface area contributed by atoms with Gasteiger partial charge in [0.15, 0.2) is 6.29 Å². The van der Waals surface area contributed by atoms with Gasteiger partial charge in [0.1, 0.15) is 12.4 Å². The van der Waals surface area contributed by atoms with Crippen molar-refractivity contribution < 1.29 is 14.3 Å². The van der Waals surface area contributed by atoms with Gasteiger partial charge < -0.3 is 9.64 Å². The van der Waals surface area contributed by atoms with Crippen molar-refractivity contribution in [1.82, 2.24) is 0 Å². The van der Waals surface area contributed by atoms with E-state index in [1.165, 1.54) is 0 Å². The van der Waals surface area contributed by atoms with Gasteiger partial charge in [-0.05, 0) is 52.7 Å². The number of fused-ring (bicyclic) bond motifs is 1. The fourth-order valence-corrected chi connectivity index (χ4v) is 3.13. The first-order chi connectivity index (χ1) is 11.5. The summed E-state index contributed by atoms with van der Waals surface area (Å²) in [7, 11) is 0. The highest BCUT2D eigenvalue weighted by atomic mass is 79.9. The Kier molecular flexibility index (Phi) is 4.53. The fourth-order valence-electron chi connectivity index (χ4n) is 2.69. The van der Waals surface area contributed by atoms with Crippen LogP contribution in [0.2, 0.25) is 0 Å². The van der Waals surface area contributed by atoms with Gasteiger partial charge in [0.05, 0.1) is 23.4 Å². The van der Waals surface area contributed by atoms with Crippen LogP contribution in [0.1, 0.15) is 33.2 Å². The highest BCUT2D eigenvalue weighted by Gasteiger charge is 2.27. The molecule has 0 unspecified atom stereocenters. The van der Waals surface area contributed by atoms with Gasteiger partial charge in [-0.15, -0.1) is 0 Å². The molecule has 0 fully saturated rings. The maximum absolute atomic E-state index is 13.0. The van der Waals surface area contributed by atoms with Crippen molar-refractivity contribution in [2.45, 2.75) is 6.92 Å². The maximum atomic E-state index is 13.0. The summed E-state index contributed by atoms with van der Waals surface area (Å²) < 4.78 is 6.42. The van der Waals surface area contributed by atoms with Crippen LogP contribution in [-0.2, 0) is 0 Å². The number of aldehydes is 1. The quantitative estimate of drug-likeness (QED) is 0.738. The first-order valence-corrected chi connectivity index (χ1v) is 8.30. The SMILES string of the molecule is C=C(C)c1ccc2c(c1)OCCN(c1cccc(Br)c1C=O)C2=O. The molecular formula is C19H16BrNO3. The van der Waals surface area contributed by atoms with Crippen molar-refractivity contribution in [3.8, 4) is 5.75 Å². The van der Waals surface area contributed by atoms with Gasteiger partial charge in [-0.3, -0.25) is 9.59 Å². The predicted octanol–water partition coefficient (Wildman–Crippen LogP) is 4.33. The molecule has 5 heteroatoms. The smallest absolute Gasteiger partial charge is 0.262 e. The van der Waals surface area contributed by atoms with Crippen LogP contribution in [0.25, 0.3) is 5.57 Å². The van der Waals surface area contributed by atoms with Crippen LogP contribution in [0.4, 0.5) is 5.69 Å². The molecule has 0 atom stereocenters. The molecule has 0 saturated heterocycles. The second-order valence-corrected chi connectivity index (χ2v) is 6.44. The van der Waals surface area contributed by atoms with E-state index in [0.29, 0.717) is 40.2 Å². The lowest BCUT2D eigenvalue weighted by molar-refractivity contribution is 0.0990. The lowest BCUT2D eigenvalue weighted by atomic mass is 10.0. The summed E-state index contributed by atoms with van der Waals surface area (Å²) in [5.74, 6) is 0.364. The summed E-state index contributed by atoms with van der Waals surface area (Å²) in [5, 5.41) is 0. The van der Waals surface area contributed by atoms with Gasteiger partial charge >= 0.3 is 0 Å². The topological polar surface area (TPSA) is 46.6 Å². The van der Waals surface area contributed by atoms with Crippen molar-refractivity contribution in [1.29, 1.82) is 0 Å². The van der Waals surface area contributed by atoms with E-state index in [2.05, 4.69) is 22.5 Å². The number of nitrogens with zero attached hydrogens (tertiary/aromatic N) is 1. The molecule has 0 bridgehead atoms. The van der Waals surface area contributed by atoms with Gasteiger partial charge in [0, 0.05) is 4.47 Å². The molecule has 0 aromatic heterocycles. The minimum atomic E-state index is -0.183. The van der Waals surface area contributed by atoms with Crippen LogP contribution in [0.5, 0.6) is 5.75 Å². The van der Waals surface area contributed by atoms with Crippen molar-refractivity contribution in [2.75, 3.05) is 18.1 Å². The minimum Gasteiger partial charge on any atom is -0.491 e. The van der Waals surface area contributed by atoms with Gasteiger partial charge in [-0.2, -0.15) is 0 Å². The third-order valence-electron chi connectivity index (χ3n) is 3.96. The maximum Gasteiger partial charge on any atom is 0.262 e. The molecule has 3 rings (SSSR count). The molecule has 0 saturated carbocycles. The van der Waals surface area contributed by atoms with Gasteiger partial charge in [-0.25, -0.2) is 0 Å². The van der Waals surface area contributed by atoms with Gasteiger partial charge in [0.2, 0.25) is 0 Å². The second-order valence-electron chi connectivity index (χ2n) is 5.59. The van der Waals surface area contributed by atoms with Gasteiger partial charge in [0.25, 0.3) is 5.91 Å². The molecule has 1 aliphatic rings. The van der Waals surface area contributed by atoms with Crippen molar-refractivity contribution >= 4 is 39.4 Å².